The molecule has 0 radical (unpaired) electrons. The summed E-state index contributed by atoms with van der Waals surface area (Å²) in [4.78, 5) is 6.03. The van der Waals surface area contributed by atoms with Crippen molar-refractivity contribution in [3.05, 3.63) is 23.9 Å². The van der Waals surface area contributed by atoms with Gasteiger partial charge in [-0.2, -0.15) is 0 Å². The van der Waals surface area contributed by atoms with E-state index in [0.717, 1.165) is 11.4 Å². The topological polar surface area (TPSA) is 65.8 Å². The summed E-state index contributed by atoms with van der Waals surface area (Å²) >= 11 is 0. The zero-order valence-corrected chi connectivity index (χ0v) is 10.5. The lowest BCUT2D eigenvalue weighted by Gasteiger charge is -2.22. The number of methoxy groups -OCH3 is 1. The summed E-state index contributed by atoms with van der Waals surface area (Å²) in [5, 5.41) is 19.1. The third kappa shape index (κ3) is 4.30. The van der Waals surface area contributed by atoms with E-state index < -0.39 is 12.2 Å². The van der Waals surface area contributed by atoms with E-state index in [1.165, 1.54) is 0 Å². The Balaban J connectivity index is 2.68. The molecule has 17 heavy (non-hydrogen) atoms. The maximum atomic E-state index is 9.62. The van der Waals surface area contributed by atoms with Gasteiger partial charge in [-0.05, 0) is 24.6 Å². The van der Waals surface area contributed by atoms with Gasteiger partial charge in [0.1, 0.15) is 5.82 Å². The van der Waals surface area contributed by atoms with Gasteiger partial charge in [-0.15, -0.1) is 0 Å². The SMILES string of the molecule is COCC(O)CN(C)c1cc([C@@H](C)O)ccn1. The summed E-state index contributed by atoms with van der Waals surface area (Å²) in [6.45, 7) is 2.43. The van der Waals surface area contributed by atoms with E-state index in [9.17, 15) is 10.2 Å². The number of rotatable bonds is 6. The van der Waals surface area contributed by atoms with E-state index in [2.05, 4.69) is 4.98 Å². The number of aliphatic hydroxyl groups excluding tert-OH is 2. The lowest BCUT2D eigenvalue weighted by Crippen LogP contribution is -2.32. The molecule has 5 nitrogen and oxygen atoms in total. The largest absolute Gasteiger partial charge is 0.389 e. The minimum Gasteiger partial charge on any atom is -0.389 e. The molecular formula is C12H20N2O3. The minimum absolute atomic E-state index is 0.292. The van der Waals surface area contributed by atoms with Gasteiger partial charge >= 0.3 is 0 Å². The van der Waals surface area contributed by atoms with Crippen LogP contribution in [-0.4, -0.2) is 48.6 Å². The molecule has 0 bridgehead atoms. The van der Waals surface area contributed by atoms with Crippen molar-refractivity contribution < 1.29 is 14.9 Å². The molecule has 1 unspecified atom stereocenters. The Morgan fingerprint density at radius 1 is 1.47 bits per heavy atom. The average Bonchev–Trinajstić information content (AvgIpc) is 2.29. The molecule has 0 aliphatic heterocycles. The van der Waals surface area contributed by atoms with Crippen molar-refractivity contribution in [2.24, 2.45) is 0 Å². The van der Waals surface area contributed by atoms with Crippen LogP contribution in [0.2, 0.25) is 0 Å². The Hall–Kier alpha value is -1.17. The number of ether oxygens (including phenoxy) is 1. The van der Waals surface area contributed by atoms with Gasteiger partial charge in [0.2, 0.25) is 0 Å². The predicted octanol–water partition coefficient (Wildman–Crippen LogP) is 0.578. The van der Waals surface area contributed by atoms with Crippen LogP contribution in [0.3, 0.4) is 0 Å². The summed E-state index contributed by atoms with van der Waals surface area (Å²) < 4.78 is 4.87. The molecule has 1 aromatic rings. The zero-order chi connectivity index (χ0) is 12.8. The van der Waals surface area contributed by atoms with Crippen LogP contribution in [0.4, 0.5) is 5.82 Å². The van der Waals surface area contributed by atoms with Gasteiger partial charge in [0, 0.05) is 26.9 Å². The fraction of sp³-hybridized carbons (Fsp3) is 0.583. The number of pyridine rings is 1. The third-order valence-corrected chi connectivity index (χ3v) is 2.49. The van der Waals surface area contributed by atoms with Crippen LogP contribution in [0, 0.1) is 0 Å². The molecule has 0 aliphatic rings. The molecule has 0 spiro atoms. The van der Waals surface area contributed by atoms with Crippen LogP contribution in [0.15, 0.2) is 18.3 Å². The van der Waals surface area contributed by atoms with Gasteiger partial charge in [0.05, 0.1) is 18.8 Å². The van der Waals surface area contributed by atoms with Crippen LogP contribution >= 0.6 is 0 Å². The first-order valence-electron chi connectivity index (χ1n) is 5.56. The van der Waals surface area contributed by atoms with Gasteiger partial charge in [-0.3, -0.25) is 0 Å². The van der Waals surface area contributed by atoms with Crippen molar-refractivity contribution in [3.63, 3.8) is 0 Å². The second-order valence-corrected chi connectivity index (χ2v) is 4.11. The van der Waals surface area contributed by atoms with E-state index in [4.69, 9.17) is 4.74 Å². The molecule has 1 aromatic heterocycles. The van der Waals surface area contributed by atoms with Gasteiger partial charge < -0.3 is 19.8 Å². The molecule has 0 saturated heterocycles. The summed E-state index contributed by atoms with van der Waals surface area (Å²) in [5.74, 6) is 0.721. The summed E-state index contributed by atoms with van der Waals surface area (Å²) in [6.07, 6.45) is 0.576. The second-order valence-electron chi connectivity index (χ2n) is 4.11. The van der Waals surface area contributed by atoms with Gasteiger partial charge in [0.15, 0.2) is 0 Å². The number of nitrogens with zero attached hydrogens (tertiary/aromatic N) is 2. The maximum Gasteiger partial charge on any atom is 0.128 e. The molecule has 1 heterocycles. The van der Waals surface area contributed by atoms with Crippen molar-refractivity contribution in [1.29, 1.82) is 0 Å². The highest BCUT2D eigenvalue weighted by atomic mass is 16.5. The monoisotopic (exact) mass is 240 g/mol. The molecular weight excluding hydrogens is 220 g/mol. The predicted molar refractivity (Wildman–Crippen MR) is 66.0 cm³/mol. The first-order valence-corrected chi connectivity index (χ1v) is 5.56. The molecule has 0 fully saturated rings. The van der Waals surface area contributed by atoms with Crippen molar-refractivity contribution in [1.82, 2.24) is 4.98 Å². The quantitative estimate of drug-likeness (QED) is 0.761. The Morgan fingerprint density at radius 3 is 2.76 bits per heavy atom. The summed E-state index contributed by atoms with van der Waals surface area (Å²) in [7, 11) is 3.39. The summed E-state index contributed by atoms with van der Waals surface area (Å²) in [5.41, 5.74) is 0.808. The molecule has 1 rings (SSSR count). The molecule has 5 heteroatoms. The number of aromatic nitrogens is 1. The average molecular weight is 240 g/mol. The van der Waals surface area contributed by atoms with Gasteiger partial charge in [-0.25, -0.2) is 4.98 Å². The lowest BCUT2D eigenvalue weighted by atomic mass is 10.1. The normalized spacial score (nSPS) is 14.4. The molecule has 0 saturated carbocycles. The van der Waals surface area contributed by atoms with Crippen molar-refractivity contribution in [2.45, 2.75) is 19.1 Å². The Bertz CT molecular complexity index is 344. The highest BCUT2D eigenvalue weighted by Gasteiger charge is 2.11. The Morgan fingerprint density at radius 2 is 2.18 bits per heavy atom. The standard InChI is InChI=1S/C12H20N2O3/c1-9(15)10-4-5-13-12(6-10)14(2)7-11(16)8-17-3/h4-6,9,11,15-16H,7-8H2,1-3H3/t9-,11?/m1/s1. The number of anilines is 1. The Labute approximate surface area is 102 Å². The van der Waals surface area contributed by atoms with E-state index in [-0.39, 0.29) is 0 Å². The zero-order valence-electron chi connectivity index (χ0n) is 10.5. The maximum absolute atomic E-state index is 9.62. The first-order chi connectivity index (χ1) is 8.04. The fourth-order valence-electron chi connectivity index (χ4n) is 1.56. The number of likely N-dealkylation sites (N-methyl/N-ethyl adjacent to an activating group) is 1. The molecule has 0 amide bonds. The van der Waals surface area contributed by atoms with Crippen LogP contribution in [0.5, 0.6) is 0 Å². The van der Waals surface area contributed by atoms with Crippen molar-refractivity contribution >= 4 is 5.82 Å². The smallest absolute Gasteiger partial charge is 0.128 e. The van der Waals surface area contributed by atoms with Crippen LogP contribution in [0.1, 0.15) is 18.6 Å². The number of hydrogen-bond acceptors (Lipinski definition) is 5. The van der Waals surface area contributed by atoms with Gasteiger partial charge in [0.25, 0.3) is 0 Å². The third-order valence-electron chi connectivity index (χ3n) is 2.49. The summed E-state index contributed by atoms with van der Waals surface area (Å²) in [6, 6.07) is 3.58. The molecule has 0 aromatic carbocycles. The fourth-order valence-corrected chi connectivity index (χ4v) is 1.56. The number of aliphatic hydroxyl groups is 2. The highest BCUT2D eigenvalue weighted by Crippen LogP contribution is 2.17. The molecule has 2 N–H and O–H groups in total. The van der Waals surface area contributed by atoms with E-state index >= 15 is 0 Å². The van der Waals surface area contributed by atoms with Crippen LogP contribution < -0.4 is 4.90 Å². The molecule has 2 atom stereocenters. The lowest BCUT2D eigenvalue weighted by molar-refractivity contribution is 0.0694. The first kappa shape index (κ1) is 13.9. The minimum atomic E-state index is -0.554. The van der Waals surface area contributed by atoms with E-state index in [0.29, 0.717) is 13.2 Å². The van der Waals surface area contributed by atoms with Crippen LogP contribution in [0.25, 0.3) is 0 Å². The number of hydrogen-bond donors (Lipinski definition) is 2. The van der Waals surface area contributed by atoms with E-state index in [1.54, 1.807) is 26.3 Å². The Kier molecular flexibility index (Phi) is 5.34. The van der Waals surface area contributed by atoms with Crippen LogP contribution in [-0.2, 0) is 4.74 Å². The van der Waals surface area contributed by atoms with E-state index in [1.807, 2.05) is 18.0 Å². The molecule has 96 valence electrons. The second kappa shape index (κ2) is 6.54. The van der Waals surface area contributed by atoms with Crippen molar-refractivity contribution in [3.8, 4) is 0 Å². The molecule has 0 aliphatic carbocycles. The van der Waals surface area contributed by atoms with Gasteiger partial charge in [-0.1, -0.05) is 0 Å². The highest BCUT2D eigenvalue weighted by molar-refractivity contribution is 5.40. The van der Waals surface area contributed by atoms with Crippen molar-refractivity contribution in [2.75, 3.05) is 32.2 Å².